The molecule has 0 bridgehead atoms. The van der Waals surface area contributed by atoms with Gasteiger partial charge in [0.25, 0.3) is 0 Å². The molecule has 1 heterocycles. The van der Waals surface area contributed by atoms with E-state index in [9.17, 15) is 4.79 Å². The van der Waals surface area contributed by atoms with E-state index >= 15 is 0 Å². The lowest BCUT2D eigenvalue weighted by atomic mass is 9.89. The van der Waals surface area contributed by atoms with E-state index in [1.54, 1.807) is 0 Å². The molecule has 1 aliphatic carbocycles. The summed E-state index contributed by atoms with van der Waals surface area (Å²) in [5, 5.41) is 3.26. The number of esters is 1. The van der Waals surface area contributed by atoms with Crippen molar-refractivity contribution in [3.05, 3.63) is 0 Å². The van der Waals surface area contributed by atoms with E-state index in [-0.39, 0.29) is 18.0 Å². The molecule has 2 fully saturated rings. The molecule has 0 aromatic heterocycles. The lowest BCUT2D eigenvalue weighted by molar-refractivity contribution is -0.156. The number of ether oxygens (including phenoxy) is 1. The molecule has 1 atom stereocenters. The third kappa shape index (κ3) is 3.21. The molecule has 0 aromatic rings. The molecule has 3 nitrogen and oxygen atoms in total. The summed E-state index contributed by atoms with van der Waals surface area (Å²) < 4.78 is 5.60. The molecule has 2 aliphatic rings. The van der Waals surface area contributed by atoms with Crippen LogP contribution in [0.1, 0.15) is 45.4 Å². The molecule has 1 N–H and O–H groups in total. The number of nitrogens with one attached hydrogen (secondary N) is 1. The summed E-state index contributed by atoms with van der Waals surface area (Å²) in [5.41, 5.74) is 0. The summed E-state index contributed by atoms with van der Waals surface area (Å²) in [6.45, 7) is 4.13. The summed E-state index contributed by atoms with van der Waals surface area (Å²) in [4.78, 5) is 11.9. The molecule has 1 aliphatic heterocycles. The maximum atomic E-state index is 11.9. The third-order valence-corrected chi connectivity index (χ3v) is 3.88. The highest BCUT2D eigenvalue weighted by atomic mass is 16.5. The van der Waals surface area contributed by atoms with Gasteiger partial charge in [-0.2, -0.15) is 0 Å². The number of carbonyl (C=O) groups excluding carboxylic acids is 1. The van der Waals surface area contributed by atoms with E-state index in [0.717, 1.165) is 44.7 Å². The topological polar surface area (TPSA) is 38.3 Å². The average Bonchev–Trinajstić information content (AvgIpc) is 2.33. The molecule has 0 unspecified atom stereocenters. The summed E-state index contributed by atoms with van der Waals surface area (Å²) in [6.07, 6.45) is 6.84. The van der Waals surface area contributed by atoms with Crippen molar-refractivity contribution in [3.63, 3.8) is 0 Å². The summed E-state index contributed by atoms with van der Waals surface area (Å²) in [6, 6.07) is 0. The number of hydrogen-bond donors (Lipinski definition) is 1. The van der Waals surface area contributed by atoms with E-state index in [2.05, 4.69) is 12.2 Å². The number of rotatable bonds is 2. The quantitative estimate of drug-likeness (QED) is 0.731. The molecular weight excluding hydrogens is 202 g/mol. The molecular formula is C13H23NO2. The SMILES string of the molecule is CC1CCC(OC(=O)[C@@H]2CCCNC2)CC1. The van der Waals surface area contributed by atoms with Gasteiger partial charge in [-0.15, -0.1) is 0 Å². The van der Waals surface area contributed by atoms with Crippen LogP contribution in [0.15, 0.2) is 0 Å². The maximum Gasteiger partial charge on any atom is 0.310 e. The third-order valence-electron chi connectivity index (χ3n) is 3.88. The van der Waals surface area contributed by atoms with Crippen LogP contribution >= 0.6 is 0 Å². The molecule has 3 heteroatoms. The first-order valence-corrected chi connectivity index (χ1v) is 6.67. The predicted molar refractivity (Wildman–Crippen MR) is 63.1 cm³/mol. The Morgan fingerprint density at radius 3 is 2.56 bits per heavy atom. The van der Waals surface area contributed by atoms with Crippen LogP contribution in [0.3, 0.4) is 0 Å². The Morgan fingerprint density at radius 1 is 1.19 bits per heavy atom. The molecule has 92 valence electrons. The monoisotopic (exact) mass is 225 g/mol. The van der Waals surface area contributed by atoms with Crippen molar-refractivity contribution in [2.24, 2.45) is 11.8 Å². The lowest BCUT2D eigenvalue weighted by Gasteiger charge is -2.28. The van der Waals surface area contributed by atoms with Crippen LogP contribution in [-0.4, -0.2) is 25.2 Å². The molecule has 1 saturated heterocycles. The molecule has 1 saturated carbocycles. The minimum absolute atomic E-state index is 0.0340. The highest BCUT2D eigenvalue weighted by molar-refractivity contribution is 5.73. The van der Waals surface area contributed by atoms with Gasteiger partial charge in [0.15, 0.2) is 0 Å². The fraction of sp³-hybridized carbons (Fsp3) is 0.923. The van der Waals surface area contributed by atoms with E-state index in [4.69, 9.17) is 4.74 Å². The van der Waals surface area contributed by atoms with Crippen molar-refractivity contribution in [3.8, 4) is 0 Å². The first-order chi connectivity index (χ1) is 7.75. The maximum absolute atomic E-state index is 11.9. The van der Waals surface area contributed by atoms with Crippen molar-refractivity contribution in [1.29, 1.82) is 0 Å². The van der Waals surface area contributed by atoms with Gasteiger partial charge in [0.1, 0.15) is 6.10 Å². The van der Waals surface area contributed by atoms with Crippen molar-refractivity contribution in [1.82, 2.24) is 5.32 Å². The summed E-state index contributed by atoms with van der Waals surface area (Å²) >= 11 is 0. The van der Waals surface area contributed by atoms with Crippen molar-refractivity contribution >= 4 is 5.97 Å². The van der Waals surface area contributed by atoms with Crippen molar-refractivity contribution in [2.45, 2.75) is 51.6 Å². The molecule has 16 heavy (non-hydrogen) atoms. The van der Waals surface area contributed by atoms with E-state index < -0.39 is 0 Å². The Bertz CT molecular complexity index is 228. The minimum atomic E-state index is 0.0340. The Hall–Kier alpha value is -0.570. The smallest absolute Gasteiger partial charge is 0.310 e. The van der Waals surface area contributed by atoms with Crippen LogP contribution in [0, 0.1) is 11.8 Å². The highest BCUT2D eigenvalue weighted by Gasteiger charge is 2.27. The summed E-state index contributed by atoms with van der Waals surface area (Å²) in [5.74, 6) is 0.950. The highest BCUT2D eigenvalue weighted by Crippen LogP contribution is 2.26. The molecule has 0 amide bonds. The van der Waals surface area contributed by atoms with Gasteiger partial charge in [0.2, 0.25) is 0 Å². The number of piperidine rings is 1. The van der Waals surface area contributed by atoms with Gasteiger partial charge in [-0.05, 0) is 51.0 Å². The van der Waals surface area contributed by atoms with Gasteiger partial charge in [-0.25, -0.2) is 0 Å². The van der Waals surface area contributed by atoms with Crippen LogP contribution in [-0.2, 0) is 9.53 Å². The van der Waals surface area contributed by atoms with Gasteiger partial charge in [0.05, 0.1) is 5.92 Å². The Morgan fingerprint density at radius 2 is 1.94 bits per heavy atom. The van der Waals surface area contributed by atoms with Crippen LogP contribution in [0.25, 0.3) is 0 Å². The fourth-order valence-electron chi connectivity index (χ4n) is 2.66. The van der Waals surface area contributed by atoms with Gasteiger partial charge < -0.3 is 10.1 Å². The number of carbonyl (C=O) groups is 1. The predicted octanol–water partition coefficient (Wildman–Crippen LogP) is 2.11. The number of hydrogen-bond acceptors (Lipinski definition) is 3. The van der Waals surface area contributed by atoms with Crippen LogP contribution in [0.5, 0.6) is 0 Å². The fourth-order valence-corrected chi connectivity index (χ4v) is 2.66. The van der Waals surface area contributed by atoms with E-state index in [0.29, 0.717) is 0 Å². The molecule has 0 radical (unpaired) electrons. The Balaban J connectivity index is 1.73. The zero-order valence-corrected chi connectivity index (χ0v) is 10.2. The van der Waals surface area contributed by atoms with Crippen molar-refractivity contribution < 1.29 is 9.53 Å². The Kier molecular flexibility index (Phi) is 4.22. The normalized spacial score (nSPS) is 35.7. The van der Waals surface area contributed by atoms with Crippen LogP contribution in [0.4, 0.5) is 0 Å². The first kappa shape index (κ1) is 11.9. The largest absolute Gasteiger partial charge is 0.462 e. The van der Waals surface area contributed by atoms with E-state index in [1.165, 1.54) is 12.8 Å². The van der Waals surface area contributed by atoms with Gasteiger partial charge in [0, 0.05) is 6.54 Å². The molecule has 0 aromatic carbocycles. The van der Waals surface area contributed by atoms with E-state index in [1.807, 2.05) is 0 Å². The van der Waals surface area contributed by atoms with Gasteiger partial charge >= 0.3 is 5.97 Å². The second-order valence-electron chi connectivity index (χ2n) is 5.36. The van der Waals surface area contributed by atoms with Crippen molar-refractivity contribution in [2.75, 3.05) is 13.1 Å². The van der Waals surface area contributed by atoms with Crippen LogP contribution in [0.2, 0.25) is 0 Å². The zero-order chi connectivity index (χ0) is 11.4. The van der Waals surface area contributed by atoms with Crippen LogP contribution < -0.4 is 5.32 Å². The molecule has 2 rings (SSSR count). The summed E-state index contributed by atoms with van der Waals surface area (Å²) in [7, 11) is 0. The van der Waals surface area contributed by atoms with Gasteiger partial charge in [-0.3, -0.25) is 4.79 Å². The Labute approximate surface area is 97.9 Å². The second-order valence-corrected chi connectivity index (χ2v) is 5.36. The average molecular weight is 225 g/mol. The second kappa shape index (κ2) is 5.67. The lowest BCUT2D eigenvalue weighted by Crippen LogP contribution is -2.37. The zero-order valence-electron chi connectivity index (χ0n) is 10.2. The first-order valence-electron chi connectivity index (χ1n) is 6.67. The van der Waals surface area contributed by atoms with Gasteiger partial charge in [-0.1, -0.05) is 6.92 Å². The minimum Gasteiger partial charge on any atom is -0.462 e. The standard InChI is InChI=1S/C13H23NO2/c1-10-4-6-12(7-5-10)16-13(15)11-3-2-8-14-9-11/h10-12,14H,2-9H2,1H3/t10?,11-,12?/m1/s1. The molecule has 0 spiro atoms.